The SMILES string of the molecule is CCNC(=NCCCc1ccc(Cl)cc1Cl)N1CCC(O)CC1.I. The van der Waals surface area contributed by atoms with Gasteiger partial charge in [0.2, 0.25) is 0 Å². The predicted octanol–water partition coefficient (Wildman–Crippen LogP) is 3.97. The molecular weight excluding hydrogens is 460 g/mol. The molecule has 0 atom stereocenters. The van der Waals surface area contributed by atoms with E-state index in [1.165, 1.54) is 0 Å². The lowest BCUT2D eigenvalue weighted by atomic mass is 10.1. The summed E-state index contributed by atoms with van der Waals surface area (Å²) >= 11 is 12.1. The van der Waals surface area contributed by atoms with Crippen molar-refractivity contribution in [3.8, 4) is 0 Å². The molecule has 1 aliphatic rings. The van der Waals surface area contributed by atoms with E-state index in [2.05, 4.69) is 17.1 Å². The van der Waals surface area contributed by atoms with E-state index in [4.69, 9.17) is 28.2 Å². The number of aliphatic hydroxyl groups is 1. The fourth-order valence-electron chi connectivity index (χ4n) is 2.68. The van der Waals surface area contributed by atoms with Crippen LogP contribution in [0.3, 0.4) is 0 Å². The molecule has 0 unspecified atom stereocenters. The van der Waals surface area contributed by atoms with Crippen molar-refractivity contribution in [3.05, 3.63) is 33.8 Å². The summed E-state index contributed by atoms with van der Waals surface area (Å²) in [6.07, 6.45) is 3.28. The number of guanidine groups is 1. The standard InChI is InChI=1S/C17H25Cl2N3O.HI/c1-2-20-17(22-10-7-15(23)8-11-22)21-9-3-4-13-5-6-14(18)12-16(13)19;/h5-6,12,15,23H,2-4,7-11H2,1H3,(H,20,21);1H. The Morgan fingerprint density at radius 1 is 1.33 bits per heavy atom. The van der Waals surface area contributed by atoms with Crippen LogP contribution in [-0.4, -0.2) is 48.2 Å². The van der Waals surface area contributed by atoms with E-state index in [0.29, 0.717) is 5.02 Å². The van der Waals surface area contributed by atoms with Gasteiger partial charge in [0, 0.05) is 36.2 Å². The van der Waals surface area contributed by atoms with Crippen molar-refractivity contribution in [3.63, 3.8) is 0 Å². The number of aliphatic imine (C=N–C) groups is 1. The van der Waals surface area contributed by atoms with E-state index in [-0.39, 0.29) is 30.1 Å². The van der Waals surface area contributed by atoms with Gasteiger partial charge >= 0.3 is 0 Å². The Labute approximate surface area is 171 Å². The van der Waals surface area contributed by atoms with Crippen LogP contribution in [-0.2, 0) is 6.42 Å². The van der Waals surface area contributed by atoms with Crippen LogP contribution >= 0.6 is 47.2 Å². The Kier molecular flexibility index (Phi) is 10.3. The molecule has 4 nitrogen and oxygen atoms in total. The number of piperidine rings is 1. The summed E-state index contributed by atoms with van der Waals surface area (Å²) in [4.78, 5) is 6.93. The maximum Gasteiger partial charge on any atom is 0.193 e. The van der Waals surface area contributed by atoms with Gasteiger partial charge in [-0.15, -0.1) is 24.0 Å². The molecule has 1 fully saturated rings. The molecule has 1 saturated heterocycles. The van der Waals surface area contributed by atoms with Crippen molar-refractivity contribution < 1.29 is 5.11 Å². The third kappa shape index (κ3) is 6.94. The average molecular weight is 486 g/mol. The van der Waals surface area contributed by atoms with Crippen molar-refractivity contribution in [2.24, 2.45) is 4.99 Å². The molecule has 2 N–H and O–H groups in total. The van der Waals surface area contributed by atoms with Gasteiger partial charge in [-0.05, 0) is 50.3 Å². The summed E-state index contributed by atoms with van der Waals surface area (Å²) < 4.78 is 0. The lowest BCUT2D eigenvalue weighted by Gasteiger charge is -2.32. The van der Waals surface area contributed by atoms with Crippen LogP contribution in [0, 0.1) is 0 Å². The maximum atomic E-state index is 9.62. The fraction of sp³-hybridized carbons (Fsp3) is 0.588. The first-order valence-electron chi connectivity index (χ1n) is 8.25. The number of likely N-dealkylation sites (tertiary alicyclic amines) is 1. The average Bonchev–Trinajstić information content (AvgIpc) is 2.53. The van der Waals surface area contributed by atoms with E-state index in [9.17, 15) is 5.11 Å². The number of benzene rings is 1. The highest BCUT2D eigenvalue weighted by Gasteiger charge is 2.19. The van der Waals surface area contributed by atoms with Gasteiger partial charge in [0.05, 0.1) is 6.10 Å². The smallest absolute Gasteiger partial charge is 0.193 e. The van der Waals surface area contributed by atoms with Crippen molar-refractivity contribution in [1.29, 1.82) is 0 Å². The van der Waals surface area contributed by atoms with Crippen molar-refractivity contribution in [2.45, 2.75) is 38.7 Å². The normalized spacial score (nSPS) is 16.0. The number of rotatable bonds is 5. The molecule has 1 aliphatic heterocycles. The summed E-state index contributed by atoms with van der Waals surface area (Å²) in [7, 11) is 0. The topological polar surface area (TPSA) is 47.9 Å². The Morgan fingerprint density at radius 3 is 2.67 bits per heavy atom. The van der Waals surface area contributed by atoms with Crippen LogP contribution in [0.15, 0.2) is 23.2 Å². The van der Waals surface area contributed by atoms with Crippen molar-refractivity contribution >= 4 is 53.1 Å². The first-order valence-corrected chi connectivity index (χ1v) is 9.01. The second-order valence-electron chi connectivity index (χ2n) is 5.79. The Hall–Kier alpha value is -0.240. The molecule has 0 aliphatic carbocycles. The zero-order valence-corrected chi connectivity index (χ0v) is 17.8. The first-order chi connectivity index (χ1) is 11.1. The number of aryl methyl sites for hydroxylation is 1. The van der Waals surface area contributed by atoms with Gasteiger partial charge < -0.3 is 15.3 Å². The van der Waals surface area contributed by atoms with E-state index < -0.39 is 0 Å². The fourth-order valence-corrected chi connectivity index (χ4v) is 3.19. The molecule has 7 heteroatoms. The molecule has 136 valence electrons. The molecule has 1 aromatic rings. The highest BCUT2D eigenvalue weighted by molar-refractivity contribution is 14.0. The highest BCUT2D eigenvalue weighted by Crippen LogP contribution is 2.22. The van der Waals surface area contributed by atoms with Crippen LogP contribution in [0.2, 0.25) is 10.0 Å². The number of aliphatic hydroxyl groups excluding tert-OH is 1. The van der Waals surface area contributed by atoms with Crippen LogP contribution in [0.25, 0.3) is 0 Å². The summed E-state index contributed by atoms with van der Waals surface area (Å²) in [6, 6.07) is 5.63. The van der Waals surface area contributed by atoms with Crippen LogP contribution in [0.1, 0.15) is 31.7 Å². The van der Waals surface area contributed by atoms with Gasteiger partial charge in [-0.3, -0.25) is 4.99 Å². The summed E-state index contributed by atoms with van der Waals surface area (Å²) in [5, 5.41) is 14.3. The molecule has 0 aromatic heterocycles. The zero-order valence-electron chi connectivity index (χ0n) is 14.0. The highest BCUT2D eigenvalue weighted by atomic mass is 127. The van der Waals surface area contributed by atoms with Crippen LogP contribution in [0.5, 0.6) is 0 Å². The lowest BCUT2D eigenvalue weighted by molar-refractivity contribution is 0.108. The van der Waals surface area contributed by atoms with Gasteiger partial charge in [0.15, 0.2) is 5.96 Å². The van der Waals surface area contributed by atoms with Crippen molar-refractivity contribution in [2.75, 3.05) is 26.2 Å². The van der Waals surface area contributed by atoms with Gasteiger partial charge in [-0.1, -0.05) is 29.3 Å². The molecule has 2 rings (SSSR count). The number of hydrogen-bond donors (Lipinski definition) is 2. The Balaban J connectivity index is 0.00000288. The minimum Gasteiger partial charge on any atom is -0.393 e. The monoisotopic (exact) mass is 485 g/mol. The lowest BCUT2D eigenvalue weighted by Crippen LogP contribution is -2.46. The maximum absolute atomic E-state index is 9.62. The summed E-state index contributed by atoms with van der Waals surface area (Å²) in [6.45, 7) is 5.38. The summed E-state index contributed by atoms with van der Waals surface area (Å²) in [5.74, 6) is 0.946. The Morgan fingerprint density at radius 2 is 2.04 bits per heavy atom. The van der Waals surface area contributed by atoms with Gasteiger partial charge in [-0.25, -0.2) is 0 Å². The van der Waals surface area contributed by atoms with Gasteiger partial charge in [0.25, 0.3) is 0 Å². The molecule has 0 saturated carbocycles. The van der Waals surface area contributed by atoms with Gasteiger partial charge in [-0.2, -0.15) is 0 Å². The molecule has 0 spiro atoms. The summed E-state index contributed by atoms with van der Waals surface area (Å²) in [5.41, 5.74) is 1.11. The molecule has 0 bridgehead atoms. The second-order valence-corrected chi connectivity index (χ2v) is 6.64. The van der Waals surface area contributed by atoms with Crippen LogP contribution in [0.4, 0.5) is 0 Å². The number of nitrogens with one attached hydrogen (secondary N) is 1. The molecule has 1 aromatic carbocycles. The third-order valence-electron chi connectivity index (χ3n) is 3.98. The van der Waals surface area contributed by atoms with Crippen molar-refractivity contribution in [1.82, 2.24) is 10.2 Å². The zero-order chi connectivity index (χ0) is 16.7. The van der Waals surface area contributed by atoms with E-state index >= 15 is 0 Å². The predicted molar refractivity (Wildman–Crippen MR) is 113 cm³/mol. The Bertz CT molecular complexity index is 535. The van der Waals surface area contributed by atoms with Gasteiger partial charge in [0.1, 0.15) is 0 Å². The van der Waals surface area contributed by atoms with Crippen LogP contribution < -0.4 is 5.32 Å². The van der Waals surface area contributed by atoms with E-state index in [1.54, 1.807) is 6.07 Å². The number of hydrogen-bond acceptors (Lipinski definition) is 2. The number of nitrogens with zero attached hydrogens (tertiary/aromatic N) is 2. The second kappa shape index (κ2) is 11.4. The quantitative estimate of drug-likeness (QED) is 0.287. The molecule has 24 heavy (non-hydrogen) atoms. The third-order valence-corrected chi connectivity index (χ3v) is 4.57. The molecule has 0 radical (unpaired) electrons. The first kappa shape index (κ1) is 21.8. The van der Waals surface area contributed by atoms with E-state index in [0.717, 1.165) is 68.4 Å². The van der Waals surface area contributed by atoms with E-state index in [1.807, 2.05) is 12.1 Å². The largest absolute Gasteiger partial charge is 0.393 e. The molecule has 1 heterocycles. The minimum atomic E-state index is -0.166. The molecular formula is C17H26Cl2IN3O. The minimum absolute atomic E-state index is 0. The number of halogens is 3. The molecule has 0 amide bonds.